The van der Waals surface area contributed by atoms with Crippen LogP contribution in [-0.2, 0) is 4.79 Å². The van der Waals surface area contributed by atoms with E-state index in [1.54, 1.807) is 0 Å². The average molecular weight is 367 g/mol. The quantitative estimate of drug-likeness (QED) is 0.517. The van der Waals surface area contributed by atoms with Crippen LogP contribution in [0.5, 0.6) is 0 Å². The first-order chi connectivity index (χ1) is 12.6. The van der Waals surface area contributed by atoms with Crippen molar-refractivity contribution in [1.82, 2.24) is 20.2 Å². The van der Waals surface area contributed by atoms with Gasteiger partial charge in [-0.1, -0.05) is 66.4 Å². The van der Waals surface area contributed by atoms with Crippen LogP contribution >= 0.6 is 11.8 Å². The Morgan fingerprint density at radius 3 is 2.58 bits per heavy atom. The van der Waals surface area contributed by atoms with Gasteiger partial charge in [-0.3, -0.25) is 4.79 Å². The number of carbonyl (C=O) groups excluding carboxylic acids is 1. The molecule has 6 nitrogen and oxygen atoms in total. The van der Waals surface area contributed by atoms with E-state index in [0.29, 0.717) is 11.0 Å². The number of hydrogen-bond donors (Lipinski definition) is 2. The second-order valence-corrected chi connectivity index (χ2v) is 6.92. The van der Waals surface area contributed by atoms with Crippen LogP contribution in [0.25, 0.3) is 11.4 Å². The topological polar surface area (TPSA) is 85.8 Å². The molecule has 3 N–H and O–H groups in total. The molecule has 26 heavy (non-hydrogen) atoms. The fourth-order valence-corrected chi connectivity index (χ4v) is 3.39. The molecule has 0 saturated heterocycles. The van der Waals surface area contributed by atoms with Gasteiger partial charge in [0.2, 0.25) is 11.1 Å². The Kier molecular flexibility index (Phi) is 5.58. The lowest BCUT2D eigenvalue weighted by Crippen LogP contribution is -2.28. The predicted octanol–water partition coefficient (Wildman–Crippen LogP) is 2.94. The number of aromatic nitrogens is 3. The summed E-state index contributed by atoms with van der Waals surface area (Å²) in [7, 11) is 0. The molecule has 1 aromatic heterocycles. The van der Waals surface area contributed by atoms with E-state index in [0.717, 1.165) is 16.7 Å². The number of amides is 1. The van der Waals surface area contributed by atoms with Gasteiger partial charge >= 0.3 is 0 Å². The van der Waals surface area contributed by atoms with Gasteiger partial charge < -0.3 is 11.2 Å². The molecule has 1 amide bonds. The van der Waals surface area contributed by atoms with Crippen LogP contribution in [0.3, 0.4) is 0 Å². The number of thioether (sulfide) groups is 1. The van der Waals surface area contributed by atoms with Crippen molar-refractivity contribution in [2.45, 2.75) is 25.0 Å². The number of nitrogens with zero attached hydrogens (tertiary/aromatic N) is 3. The van der Waals surface area contributed by atoms with Gasteiger partial charge in [0.25, 0.3) is 0 Å². The van der Waals surface area contributed by atoms with E-state index in [2.05, 4.69) is 15.5 Å². The third-order valence-electron chi connectivity index (χ3n) is 4.06. The largest absolute Gasteiger partial charge is 0.349 e. The number of rotatable bonds is 6. The molecular formula is C19H21N5OS. The van der Waals surface area contributed by atoms with Crippen LogP contribution in [0, 0.1) is 6.92 Å². The van der Waals surface area contributed by atoms with Crippen LogP contribution in [0.1, 0.15) is 24.1 Å². The minimum absolute atomic E-state index is 0.0556. The van der Waals surface area contributed by atoms with Crippen molar-refractivity contribution in [3.05, 3.63) is 65.7 Å². The summed E-state index contributed by atoms with van der Waals surface area (Å²) in [6.07, 6.45) is 0. The number of hydrogen-bond acceptors (Lipinski definition) is 5. The standard InChI is InChI=1S/C19H21N5OS/c1-13-8-6-7-11-16(13)14(2)21-17(25)12-26-19-23-22-18(24(19)20)15-9-4-3-5-10-15/h3-11,14H,12,20H2,1-2H3,(H,21,25)/t14-/m1/s1. The molecule has 3 aromatic rings. The molecule has 0 radical (unpaired) electrons. The van der Waals surface area contributed by atoms with Crippen molar-refractivity contribution in [2.24, 2.45) is 0 Å². The van der Waals surface area contributed by atoms with Gasteiger partial charge in [-0.2, -0.15) is 0 Å². The molecule has 134 valence electrons. The maximum atomic E-state index is 12.3. The summed E-state index contributed by atoms with van der Waals surface area (Å²) in [5.74, 6) is 6.79. The molecule has 0 aliphatic carbocycles. The van der Waals surface area contributed by atoms with Crippen molar-refractivity contribution in [3.63, 3.8) is 0 Å². The van der Waals surface area contributed by atoms with Gasteiger partial charge in [-0.05, 0) is 25.0 Å². The van der Waals surface area contributed by atoms with Crippen LogP contribution in [0.4, 0.5) is 0 Å². The highest BCUT2D eigenvalue weighted by atomic mass is 32.2. The molecule has 2 aromatic carbocycles. The summed E-state index contributed by atoms with van der Waals surface area (Å²) in [5, 5.41) is 11.7. The lowest BCUT2D eigenvalue weighted by molar-refractivity contribution is -0.119. The maximum Gasteiger partial charge on any atom is 0.230 e. The highest BCUT2D eigenvalue weighted by Gasteiger charge is 2.15. The molecule has 0 saturated carbocycles. The average Bonchev–Trinajstić information content (AvgIpc) is 3.01. The van der Waals surface area contributed by atoms with Gasteiger partial charge in [-0.25, -0.2) is 4.68 Å². The van der Waals surface area contributed by atoms with E-state index in [9.17, 15) is 4.79 Å². The first-order valence-corrected chi connectivity index (χ1v) is 9.28. The smallest absolute Gasteiger partial charge is 0.230 e. The van der Waals surface area contributed by atoms with E-state index in [1.807, 2.05) is 68.4 Å². The second kappa shape index (κ2) is 8.05. The fraction of sp³-hybridized carbons (Fsp3) is 0.211. The highest BCUT2D eigenvalue weighted by Crippen LogP contribution is 2.22. The number of benzene rings is 2. The van der Waals surface area contributed by atoms with Crippen LogP contribution < -0.4 is 11.2 Å². The van der Waals surface area contributed by atoms with Gasteiger partial charge in [-0.15, -0.1) is 10.2 Å². The summed E-state index contributed by atoms with van der Waals surface area (Å²) in [5.41, 5.74) is 3.15. The second-order valence-electron chi connectivity index (χ2n) is 5.98. The number of aryl methyl sites for hydroxylation is 1. The summed E-state index contributed by atoms with van der Waals surface area (Å²) in [4.78, 5) is 12.3. The van der Waals surface area contributed by atoms with Crippen molar-refractivity contribution < 1.29 is 4.79 Å². The Labute approximate surface area is 156 Å². The Balaban J connectivity index is 1.60. The summed E-state index contributed by atoms with van der Waals surface area (Å²) in [6.45, 7) is 4.01. The van der Waals surface area contributed by atoms with Crippen molar-refractivity contribution in [3.8, 4) is 11.4 Å². The SMILES string of the molecule is Cc1ccccc1[C@@H](C)NC(=O)CSc1nnc(-c2ccccc2)n1N. The Bertz CT molecular complexity index is 894. The Hall–Kier alpha value is -2.80. The van der Waals surface area contributed by atoms with E-state index >= 15 is 0 Å². The monoisotopic (exact) mass is 367 g/mol. The van der Waals surface area contributed by atoms with Crippen molar-refractivity contribution in [1.29, 1.82) is 0 Å². The van der Waals surface area contributed by atoms with Gasteiger partial charge in [0.1, 0.15) is 0 Å². The third kappa shape index (κ3) is 4.05. The molecule has 0 bridgehead atoms. The number of carbonyl (C=O) groups is 1. The maximum absolute atomic E-state index is 12.3. The highest BCUT2D eigenvalue weighted by molar-refractivity contribution is 7.99. The molecular weight excluding hydrogens is 346 g/mol. The van der Waals surface area contributed by atoms with Crippen LogP contribution in [-0.4, -0.2) is 26.5 Å². The Morgan fingerprint density at radius 1 is 1.15 bits per heavy atom. The molecule has 0 spiro atoms. The molecule has 1 heterocycles. The lowest BCUT2D eigenvalue weighted by Gasteiger charge is -2.16. The van der Waals surface area contributed by atoms with E-state index in [-0.39, 0.29) is 17.7 Å². The van der Waals surface area contributed by atoms with E-state index < -0.39 is 0 Å². The minimum Gasteiger partial charge on any atom is -0.349 e. The first kappa shape index (κ1) is 18.0. The van der Waals surface area contributed by atoms with Gasteiger partial charge in [0.15, 0.2) is 5.82 Å². The first-order valence-electron chi connectivity index (χ1n) is 8.30. The molecule has 7 heteroatoms. The number of nitrogens with two attached hydrogens (primary N) is 1. The van der Waals surface area contributed by atoms with Crippen molar-refractivity contribution >= 4 is 17.7 Å². The molecule has 3 rings (SSSR count). The summed E-state index contributed by atoms with van der Waals surface area (Å²) < 4.78 is 1.41. The van der Waals surface area contributed by atoms with E-state index in [1.165, 1.54) is 16.4 Å². The van der Waals surface area contributed by atoms with E-state index in [4.69, 9.17) is 5.84 Å². The van der Waals surface area contributed by atoms with Crippen LogP contribution in [0.2, 0.25) is 0 Å². The van der Waals surface area contributed by atoms with Crippen molar-refractivity contribution in [2.75, 3.05) is 11.6 Å². The zero-order valence-corrected chi connectivity index (χ0v) is 15.5. The predicted molar refractivity (Wildman–Crippen MR) is 104 cm³/mol. The fourth-order valence-electron chi connectivity index (χ4n) is 2.72. The molecule has 0 fully saturated rings. The molecule has 1 atom stereocenters. The number of nitrogen functional groups attached to an aromatic ring is 1. The van der Waals surface area contributed by atoms with Gasteiger partial charge in [0, 0.05) is 5.56 Å². The molecule has 0 aliphatic rings. The Morgan fingerprint density at radius 2 is 1.85 bits per heavy atom. The summed E-state index contributed by atoms with van der Waals surface area (Å²) >= 11 is 1.26. The normalized spacial score (nSPS) is 11.9. The molecule has 0 aliphatic heterocycles. The van der Waals surface area contributed by atoms with Gasteiger partial charge in [0.05, 0.1) is 11.8 Å². The zero-order chi connectivity index (χ0) is 18.5. The summed E-state index contributed by atoms with van der Waals surface area (Å²) in [6, 6.07) is 17.6. The minimum atomic E-state index is -0.0741. The molecule has 0 unspecified atom stereocenters. The zero-order valence-electron chi connectivity index (χ0n) is 14.7. The third-order valence-corrected chi connectivity index (χ3v) is 5.00. The van der Waals surface area contributed by atoms with Crippen LogP contribution in [0.15, 0.2) is 59.8 Å². The number of nitrogens with one attached hydrogen (secondary N) is 1. The lowest BCUT2D eigenvalue weighted by atomic mass is 10.0.